The van der Waals surface area contributed by atoms with Crippen LogP contribution in [0.5, 0.6) is 0 Å². The van der Waals surface area contributed by atoms with Crippen molar-refractivity contribution in [3.8, 4) is 0 Å². The second-order valence-electron chi connectivity index (χ2n) is 13.0. The molecule has 3 fully saturated rings. The fourth-order valence-corrected chi connectivity index (χ4v) is 7.25. The molecule has 0 radical (unpaired) electrons. The van der Waals surface area contributed by atoms with Crippen LogP contribution in [0, 0.1) is 28.1 Å². The summed E-state index contributed by atoms with van der Waals surface area (Å²) >= 11 is 0. The fourth-order valence-electron chi connectivity index (χ4n) is 7.25. The van der Waals surface area contributed by atoms with Crippen LogP contribution in [0.4, 0.5) is 0 Å². The van der Waals surface area contributed by atoms with E-state index in [4.69, 9.17) is 28.4 Å². The van der Waals surface area contributed by atoms with E-state index in [0.29, 0.717) is 30.8 Å². The Hall–Kier alpha value is -3.04. The summed E-state index contributed by atoms with van der Waals surface area (Å²) in [5.74, 6) is -2.06. The molecule has 5 aliphatic rings. The minimum Gasteiger partial charge on any atom is -0.497 e. The summed E-state index contributed by atoms with van der Waals surface area (Å²) in [6.45, 7) is 11.3. The van der Waals surface area contributed by atoms with Gasteiger partial charge in [-0.3, -0.25) is 9.59 Å². The van der Waals surface area contributed by atoms with E-state index in [1.165, 1.54) is 12.2 Å². The van der Waals surface area contributed by atoms with E-state index in [2.05, 4.69) is 0 Å². The van der Waals surface area contributed by atoms with E-state index < -0.39 is 63.2 Å². The van der Waals surface area contributed by atoms with Crippen LogP contribution in [0.25, 0.3) is 0 Å². The van der Waals surface area contributed by atoms with Gasteiger partial charge in [0.15, 0.2) is 0 Å². The number of hydrogen-bond acceptors (Lipinski definition) is 10. The van der Waals surface area contributed by atoms with Crippen LogP contribution < -0.4 is 0 Å². The van der Waals surface area contributed by atoms with Gasteiger partial charge in [0, 0.05) is 24.7 Å². The van der Waals surface area contributed by atoms with Gasteiger partial charge in [-0.2, -0.15) is 0 Å². The molecule has 0 amide bonds. The molecule has 0 aromatic rings. The van der Waals surface area contributed by atoms with Crippen molar-refractivity contribution in [3.05, 3.63) is 23.7 Å². The van der Waals surface area contributed by atoms with E-state index in [1.54, 1.807) is 27.7 Å². The van der Waals surface area contributed by atoms with Crippen molar-refractivity contribution in [1.29, 1.82) is 0 Å². The van der Waals surface area contributed by atoms with Crippen LogP contribution in [-0.4, -0.2) is 61.5 Å². The van der Waals surface area contributed by atoms with Crippen molar-refractivity contribution in [1.82, 2.24) is 0 Å². The van der Waals surface area contributed by atoms with Gasteiger partial charge in [0.05, 0.1) is 61.2 Å². The molecule has 3 heterocycles. The topological polar surface area (TPSA) is 124 Å². The molecule has 6 atom stereocenters. The number of cyclic esters (lactones) is 2. The minimum absolute atomic E-state index is 0.0293. The van der Waals surface area contributed by atoms with Gasteiger partial charge in [0.1, 0.15) is 22.7 Å². The minimum atomic E-state index is -0.944. The molecule has 3 aliphatic heterocycles. The molecule has 6 unspecified atom stereocenters. The van der Waals surface area contributed by atoms with Crippen LogP contribution in [0.1, 0.15) is 60.8 Å². The molecule has 1 saturated heterocycles. The van der Waals surface area contributed by atoms with E-state index in [0.717, 1.165) is 0 Å². The quantitative estimate of drug-likeness (QED) is 0.340. The summed E-state index contributed by atoms with van der Waals surface area (Å²) in [5, 5.41) is 0. The summed E-state index contributed by atoms with van der Waals surface area (Å²) in [7, 11) is 0. The van der Waals surface area contributed by atoms with Crippen molar-refractivity contribution in [3.63, 3.8) is 0 Å². The normalized spacial score (nSPS) is 42.6. The zero-order chi connectivity index (χ0) is 27.7. The summed E-state index contributed by atoms with van der Waals surface area (Å²) in [4.78, 5) is 51.1. The second-order valence-corrected chi connectivity index (χ2v) is 13.0. The number of carbonyl (C=O) groups is 4. The van der Waals surface area contributed by atoms with E-state index in [9.17, 15) is 19.2 Å². The first-order valence-electron chi connectivity index (χ1n) is 13.1. The monoisotopic (exact) mass is 532 g/mol. The van der Waals surface area contributed by atoms with Gasteiger partial charge < -0.3 is 28.4 Å². The van der Waals surface area contributed by atoms with Gasteiger partial charge in [0.2, 0.25) is 0 Å². The van der Waals surface area contributed by atoms with E-state index in [1.807, 2.05) is 13.8 Å². The zero-order valence-corrected chi connectivity index (χ0v) is 22.8. The third-order valence-corrected chi connectivity index (χ3v) is 8.64. The molecule has 10 nitrogen and oxygen atoms in total. The first kappa shape index (κ1) is 26.6. The highest BCUT2D eigenvalue weighted by Gasteiger charge is 2.70. The Balaban J connectivity index is 1.41. The SMILES string of the molecule is CC1(C)COC(=O)C2(C)CC3(C)OC(=O)C=C(OCCCOC4=CC(=O)OC5(C)CC(C)(C(=O)OC1)C45)C32. The van der Waals surface area contributed by atoms with E-state index in [-0.39, 0.29) is 26.4 Å². The van der Waals surface area contributed by atoms with Crippen LogP contribution in [0.3, 0.4) is 0 Å². The maximum atomic E-state index is 13.3. The maximum Gasteiger partial charge on any atom is 0.334 e. The molecule has 2 saturated carbocycles. The molecule has 0 N–H and O–H groups in total. The number of carbonyl (C=O) groups excluding carboxylic acids is 4. The molecular formula is C28H36O10. The van der Waals surface area contributed by atoms with Gasteiger partial charge in [-0.1, -0.05) is 13.8 Å². The molecule has 0 spiro atoms. The maximum absolute atomic E-state index is 13.3. The summed E-state index contributed by atoms with van der Waals surface area (Å²) < 4.78 is 34.7. The van der Waals surface area contributed by atoms with Crippen LogP contribution >= 0.6 is 0 Å². The van der Waals surface area contributed by atoms with Gasteiger partial charge >= 0.3 is 23.9 Å². The molecular weight excluding hydrogens is 496 g/mol. The van der Waals surface area contributed by atoms with Crippen molar-refractivity contribution < 1.29 is 47.6 Å². The molecule has 0 aromatic heterocycles. The van der Waals surface area contributed by atoms with Gasteiger partial charge in [0.25, 0.3) is 0 Å². The average molecular weight is 533 g/mol. The van der Waals surface area contributed by atoms with Gasteiger partial charge in [-0.25, -0.2) is 9.59 Å². The highest BCUT2D eigenvalue weighted by atomic mass is 16.6. The molecule has 5 rings (SSSR count). The highest BCUT2D eigenvalue weighted by molar-refractivity contribution is 5.88. The molecule has 2 aliphatic carbocycles. The lowest BCUT2D eigenvalue weighted by Gasteiger charge is -2.58. The average Bonchev–Trinajstić information content (AvgIpc) is 2.77. The largest absolute Gasteiger partial charge is 0.497 e. The Morgan fingerprint density at radius 2 is 1.03 bits per heavy atom. The Kier molecular flexibility index (Phi) is 5.93. The standard InChI is InChI=1S/C28H36O10/c1-24(2)14-35-22(31)25(3)12-27(5)20(25)16(10-18(29)37-27)33-8-7-9-34-17-11-19(30)38-28(6)13-26(4,21(17)28)23(32)36-15-24/h10-11,20-21H,7-9,12-15H2,1-6H3. The van der Waals surface area contributed by atoms with Crippen molar-refractivity contribution >= 4 is 23.9 Å². The molecule has 10 heteroatoms. The smallest absolute Gasteiger partial charge is 0.334 e. The summed E-state index contributed by atoms with van der Waals surface area (Å²) in [5.41, 5.74) is -4.29. The van der Waals surface area contributed by atoms with E-state index >= 15 is 0 Å². The molecule has 208 valence electrons. The first-order valence-corrected chi connectivity index (χ1v) is 13.1. The lowest BCUT2D eigenvalue weighted by Crippen LogP contribution is -2.66. The van der Waals surface area contributed by atoms with Crippen LogP contribution in [0.2, 0.25) is 0 Å². The Bertz CT molecular complexity index is 1070. The summed E-state index contributed by atoms with van der Waals surface area (Å²) in [6, 6.07) is 0. The van der Waals surface area contributed by atoms with Gasteiger partial charge in [-0.05, 0) is 27.7 Å². The third-order valence-electron chi connectivity index (χ3n) is 8.64. The third kappa shape index (κ3) is 4.07. The Morgan fingerprint density at radius 3 is 1.42 bits per heavy atom. The predicted molar refractivity (Wildman–Crippen MR) is 130 cm³/mol. The van der Waals surface area contributed by atoms with Gasteiger partial charge in [-0.15, -0.1) is 0 Å². The number of ether oxygens (including phenoxy) is 6. The number of esters is 4. The molecule has 0 aromatic carbocycles. The molecule has 0 bridgehead atoms. The van der Waals surface area contributed by atoms with Crippen molar-refractivity contribution in [2.45, 2.75) is 72.0 Å². The van der Waals surface area contributed by atoms with Crippen molar-refractivity contribution in [2.24, 2.45) is 28.1 Å². The number of hydrogen-bond donors (Lipinski definition) is 0. The van der Waals surface area contributed by atoms with Crippen LogP contribution in [0.15, 0.2) is 23.7 Å². The lowest BCUT2D eigenvalue weighted by molar-refractivity contribution is -0.230. The molecule has 38 heavy (non-hydrogen) atoms. The number of rotatable bonds is 0. The lowest BCUT2D eigenvalue weighted by atomic mass is 9.51. The van der Waals surface area contributed by atoms with Crippen LogP contribution in [-0.2, 0) is 47.6 Å². The fraction of sp³-hybridized carbons (Fsp3) is 0.714. The Morgan fingerprint density at radius 1 is 0.632 bits per heavy atom. The Labute approximate surface area is 222 Å². The highest BCUT2D eigenvalue weighted by Crippen LogP contribution is 2.62. The van der Waals surface area contributed by atoms with Crippen molar-refractivity contribution in [2.75, 3.05) is 26.4 Å². The zero-order valence-electron chi connectivity index (χ0n) is 22.8. The first-order chi connectivity index (χ1) is 17.6. The predicted octanol–water partition coefficient (Wildman–Crippen LogP) is 2.99. The summed E-state index contributed by atoms with van der Waals surface area (Å²) in [6.07, 6.45) is 3.63. The second kappa shape index (κ2) is 8.48.